The molecule has 0 spiro atoms. The maximum atomic E-state index is 6.05. The molecule has 6 heteroatoms. The highest BCUT2D eigenvalue weighted by atomic mass is 79.9. The van der Waals surface area contributed by atoms with Gasteiger partial charge in [0.05, 0.1) is 17.8 Å². The third-order valence-electron chi connectivity index (χ3n) is 2.98. The van der Waals surface area contributed by atoms with Crippen LogP contribution >= 0.6 is 27.5 Å². The van der Waals surface area contributed by atoms with E-state index in [1.54, 1.807) is 25.5 Å². The van der Waals surface area contributed by atoms with Crippen LogP contribution in [0.1, 0.15) is 5.56 Å². The number of nitrogens with zero attached hydrogens (tertiary/aromatic N) is 1. The van der Waals surface area contributed by atoms with Crippen LogP contribution in [0.25, 0.3) is 0 Å². The van der Waals surface area contributed by atoms with E-state index in [9.17, 15) is 0 Å². The number of halogens is 2. The van der Waals surface area contributed by atoms with Crippen LogP contribution in [0.15, 0.2) is 39.8 Å². The summed E-state index contributed by atoms with van der Waals surface area (Å²) in [5.41, 5.74) is 1.56. The minimum absolute atomic E-state index is 0.224. The second-order valence-electron chi connectivity index (χ2n) is 4.30. The van der Waals surface area contributed by atoms with Crippen molar-refractivity contribution < 1.29 is 14.2 Å². The first-order valence-electron chi connectivity index (χ1n) is 6.14. The average molecular weight is 369 g/mol. The van der Waals surface area contributed by atoms with Crippen LogP contribution in [0.4, 0.5) is 5.69 Å². The molecule has 0 unspecified atom stereocenters. The lowest BCUT2D eigenvalue weighted by Gasteiger charge is -2.06. The first-order valence-corrected chi connectivity index (χ1v) is 7.31. The summed E-state index contributed by atoms with van der Waals surface area (Å²) in [5.74, 6) is 2.04. The summed E-state index contributed by atoms with van der Waals surface area (Å²) in [5, 5.41) is 0.613. The maximum absolute atomic E-state index is 6.05. The van der Waals surface area contributed by atoms with Gasteiger partial charge in [0, 0.05) is 22.3 Å². The van der Waals surface area contributed by atoms with Crippen LogP contribution in [0, 0.1) is 0 Å². The molecule has 1 heterocycles. The summed E-state index contributed by atoms with van der Waals surface area (Å²) in [6.45, 7) is 0.224. The number of aliphatic imine (C=N–C) groups is 1. The normalized spacial score (nSPS) is 12.9. The van der Waals surface area contributed by atoms with Crippen molar-refractivity contribution in [3.8, 4) is 17.2 Å². The lowest BCUT2D eigenvalue weighted by atomic mass is 10.2. The van der Waals surface area contributed by atoms with Crippen LogP contribution in [-0.4, -0.2) is 20.1 Å². The van der Waals surface area contributed by atoms with Crippen molar-refractivity contribution in [2.24, 2.45) is 4.99 Å². The molecular weight excluding hydrogens is 358 g/mol. The molecule has 0 aliphatic carbocycles. The fourth-order valence-corrected chi connectivity index (χ4v) is 2.35. The molecule has 4 nitrogen and oxygen atoms in total. The molecule has 0 N–H and O–H groups in total. The average Bonchev–Trinajstić information content (AvgIpc) is 2.94. The second kappa shape index (κ2) is 5.95. The van der Waals surface area contributed by atoms with E-state index in [1.165, 1.54) is 0 Å². The van der Waals surface area contributed by atoms with Gasteiger partial charge in [-0.1, -0.05) is 11.6 Å². The van der Waals surface area contributed by atoms with Gasteiger partial charge in [-0.15, -0.1) is 0 Å². The maximum Gasteiger partial charge on any atom is 0.231 e. The standard InChI is InChI=1S/C15H11BrClNO3/c1-19-13-6-15-14(20-8-21-15)4-9(13)7-18-10-2-3-11(16)12(17)5-10/h2-7H,8H2,1H3. The topological polar surface area (TPSA) is 40.0 Å². The van der Waals surface area contributed by atoms with Crippen LogP contribution in [0.3, 0.4) is 0 Å². The van der Waals surface area contributed by atoms with Crippen molar-refractivity contribution in [1.29, 1.82) is 0 Å². The molecule has 2 aromatic rings. The third-order valence-corrected chi connectivity index (χ3v) is 4.21. The molecule has 1 aliphatic rings. The highest BCUT2D eigenvalue weighted by molar-refractivity contribution is 9.10. The van der Waals surface area contributed by atoms with Gasteiger partial charge in [-0.2, -0.15) is 0 Å². The second-order valence-corrected chi connectivity index (χ2v) is 5.57. The molecule has 0 radical (unpaired) electrons. The highest BCUT2D eigenvalue weighted by Crippen LogP contribution is 2.37. The zero-order valence-electron chi connectivity index (χ0n) is 11.1. The molecule has 2 aromatic carbocycles. The third kappa shape index (κ3) is 2.99. The minimum atomic E-state index is 0.224. The van der Waals surface area contributed by atoms with Gasteiger partial charge in [0.2, 0.25) is 6.79 Å². The summed E-state index contributed by atoms with van der Waals surface area (Å²) >= 11 is 9.40. The Morgan fingerprint density at radius 2 is 2.00 bits per heavy atom. The van der Waals surface area contributed by atoms with Crippen LogP contribution < -0.4 is 14.2 Å². The van der Waals surface area contributed by atoms with Gasteiger partial charge in [0.15, 0.2) is 11.5 Å². The number of fused-ring (bicyclic) bond motifs is 1. The van der Waals surface area contributed by atoms with E-state index in [0.29, 0.717) is 22.3 Å². The van der Waals surface area contributed by atoms with E-state index in [2.05, 4.69) is 20.9 Å². The van der Waals surface area contributed by atoms with E-state index in [1.807, 2.05) is 18.2 Å². The van der Waals surface area contributed by atoms with Crippen LogP contribution in [0.5, 0.6) is 17.2 Å². The van der Waals surface area contributed by atoms with Gasteiger partial charge in [0.1, 0.15) is 5.75 Å². The molecular formula is C15H11BrClNO3. The Hall–Kier alpha value is -1.72. The van der Waals surface area contributed by atoms with Gasteiger partial charge in [-0.05, 0) is 40.2 Å². The SMILES string of the molecule is COc1cc2c(cc1C=Nc1ccc(Br)c(Cl)c1)OCO2. The summed E-state index contributed by atoms with van der Waals surface area (Å²) in [6, 6.07) is 9.13. The summed E-state index contributed by atoms with van der Waals surface area (Å²) in [7, 11) is 1.60. The predicted molar refractivity (Wildman–Crippen MR) is 85.5 cm³/mol. The zero-order valence-corrected chi connectivity index (χ0v) is 13.4. The lowest BCUT2D eigenvalue weighted by Crippen LogP contribution is -1.92. The summed E-state index contributed by atoms with van der Waals surface area (Å²) in [4.78, 5) is 4.41. The van der Waals surface area contributed by atoms with E-state index in [-0.39, 0.29) is 6.79 Å². The Kier molecular flexibility index (Phi) is 4.03. The van der Waals surface area contributed by atoms with Gasteiger partial charge in [-0.25, -0.2) is 0 Å². The minimum Gasteiger partial charge on any atom is -0.496 e. The molecule has 108 valence electrons. The van der Waals surface area contributed by atoms with Crippen molar-refractivity contribution in [3.63, 3.8) is 0 Å². The van der Waals surface area contributed by atoms with Crippen LogP contribution in [-0.2, 0) is 0 Å². The Bertz CT molecular complexity index is 718. The van der Waals surface area contributed by atoms with Crippen LogP contribution in [0.2, 0.25) is 5.02 Å². The Balaban J connectivity index is 1.93. The van der Waals surface area contributed by atoms with Gasteiger partial charge < -0.3 is 14.2 Å². The molecule has 3 rings (SSSR count). The number of benzene rings is 2. The Morgan fingerprint density at radius 3 is 2.71 bits per heavy atom. The molecule has 0 amide bonds. The Labute approximate surface area is 135 Å². The number of hydrogen-bond donors (Lipinski definition) is 0. The lowest BCUT2D eigenvalue weighted by molar-refractivity contribution is 0.174. The molecule has 21 heavy (non-hydrogen) atoms. The van der Waals surface area contributed by atoms with E-state index in [4.69, 9.17) is 25.8 Å². The number of rotatable bonds is 3. The quantitative estimate of drug-likeness (QED) is 0.744. The molecule has 0 saturated heterocycles. The number of ether oxygens (including phenoxy) is 3. The molecule has 0 fully saturated rings. The van der Waals surface area contributed by atoms with Crippen molar-refractivity contribution in [2.75, 3.05) is 13.9 Å². The fourth-order valence-electron chi connectivity index (χ4n) is 1.93. The van der Waals surface area contributed by atoms with Gasteiger partial charge >= 0.3 is 0 Å². The van der Waals surface area contributed by atoms with Gasteiger partial charge in [-0.3, -0.25) is 4.99 Å². The van der Waals surface area contributed by atoms with Crippen molar-refractivity contribution in [1.82, 2.24) is 0 Å². The smallest absolute Gasteiger partial charge is 0.231 e. The summed E-state index contributed by atoms with van der Waals surface area (Å²) in [6.07, 6.45) is 1.71. The van der Waals surface area contributed by atoms with Crippen molar-refractivity contribution >= 4 is 39.4 Å². The Morgan fingerprint density at radius 1 is 1.24 bits per heavy atom. The molecule has 0 saturated carbocycles. The first-order chi connectivity index (χ1) is 10.2. The zero-order chi connectivity index (χ0) is 14.8. The van der Waals surface area contributed by atoms with E-state index in [0.717, 1.165) is 15.7 Å². The summed E-state index contributed by atoms with van der Waals surface area (Å²) < 4.78 is 16.9. The highest BCUT2D eigenvalue weighted by Gasteiger charge is 2.16. The largest absolute Gasteiger partial charge is 0.496 e. The fraction of sp³-hybridized carbons (Fsp3) is 0.133. The first kappa shape index (κ1) is 14.2. The number of hydrogen-bond acceptors (Lipinski definition) is 4. The van der Waals surface area contributed by atoms with Crippen molar-refractivity contribution in [2.45, 2.75) is 0 Å². The predicted octanol–water partition coefficient (Wildman–Crippen LogP) is 4.59. The van der Waals surface area contributed by atoms with Gasteiger partial charge in [0.25, 0.3) is 0 Å². The molecule has 0 aromatic heterocycles. The molecule has 0 bridgehead atoms. The molecule has 1 aliphatic heterocycles. The molecule has 0 atom stereocenters. The monoisotopic (exact) mass is 367 g/mol. The number of methoxy groups -OCH3 is 1. The van der Waals surface area contributed by atoms with E-state index >= 15 is 0 Å². The van der Waals surface area contributed by atoms with E-state index < -0.39 is 0 Å². The van der Waals surface area contributed by atoms with Crippen molar-refractivity contribution in [3.05, 3.63) is 45.4 Å².